The van der Waals surface area contributed by atoms with E-state index in [1.807, 2.05) is 6.92 Å². The summed E-state index contributed by atoms with van der Waals surface area (Å²) in [6.07, 6.45) is 0.756. The highest BCUT2D eigenvalue weighted by molar-refractivity contribution is 5.75. The van der Waals surface area contributed by atoms with E-state index in [-0.39, 0.29) is 12.0 Å². The van der Waals surface area contributed by atoms with Crippen LogP contribution in [0.2, 0.25) is 0 Å². The van der Waals surface area contributed by atoms with Gasteiger partial charge in [0.2, 0.25) is 0 Å². The molecule has 1 aliphatic rings. The molecule has 0 radical (unpaired) electrons. The zero-order chi connectivity index (χ0) is 11.1. The molecular formula is C10H20N2O3. The summed E-state index contributed by atoms with van der Waals surface area (Å²) in [6, 6.07) is -0.168. The second-order valence-corrected chi connectivity index (χ2v) is 3.52. The number of hydrogen-bond acceptors (Lipinski definition) is 5. The van der Waals surface area contributed by atoms with Gasteiger partial charge in [-0.3, -0.25) is 9.79 Å². The van der Waals surface area contributed by atoms with Crippen LogP contribution in [0.25, 0.3) is 0 Å². The van der Waals surface area contributed by atoms with Crippen molar-refractivity contribution in [3.8, 4) is 0 Å². The molecular weight excluding hydrogens is 196 g/mol. The minimum absolute atomic E-state index is 0.168. The molecule has 1 rings (SSSR count). The highest BCUT2D eigenvalue weighted by atomic mass is 17.2. The van der Waals surface area contributed by atoms with Crippen molar-refractivity contribution in [1.82, 2.24) is 10.2 Å². The maximum absolute atomic E-state index is 11.6. The maximum atomic E-state index is 11.6. The van der Waals surface area contributed by atoms with Gasteiger partial charge in [-0.15, -0.1) is 0 Å². The van der Waals surface area contributed by atoms with Gasteiger partial charge in [-0.2, -0.15) is 4.89 Å². The number of nitrogens with one attached hydrogen (secondary N) is 1. The molecule has 0 aromatic carbocycles. The third-order valence-electron chi connectivity index (χ3n) is 2.51. The monoisotopic (exact) mass is 216 g/mol. The van der Waals surface area contributed by atoms with Crippen molar-refractivity contribution in [2.24, 2.45) is 0 Å². The number of carbonyl (C=O) groups excluding carboxylic acids is 1. The molecule has 0 amide bonds. The molecule has 0 aromatic heterocycles. The molecule has 5 heteroatoms. The highest BCUT2D eigenvalue weighted by Gasteiger charge is 2.27. The van der Waals surface area contributed by atoms with Gasteiger partial charge in [0.25, 0.3) is 0 Å². The van der Waals surface area contributed by atoms with Gasteiger partial charge in [0.15, 0.2) is 0 Å². The Hall–Kier alpha value is -0.650. The van der Waals surface area contributed by atoms with E-state index in [0.29, 0.717) is 6.61 Å². The lowest BCUT2D eigenvalue weighted by atomic mass is 10.1. The van der Waals surface area contributed by atoms with Crippen LogP contribution in [0.1, 0.15) is 20.3 Å². The summed E-state index contributed by atoms with van der Waals surface area (Å²) in [4.78, 5) is 23.1. The predicted molar refractivity (Wildman–Crippen MR) is 56.2 cm³/mol. The van der Waals surface area contributed by atoms with Gasteiger partial charge in [0.1, 0.15) is 6.04 Å². The Labute approximate surface area is 90.6 Å². The largest absolute Gasteiger partial charge is 0.359 e. The molecule has 1 atom stereocenters. The summed E-state index contributed by atoms with van der Waals surface area (Å²) < 4.78 is 0. The fraction of sp³-hybridized carbons (Fsp3) is 0.900. The fourth-order valence-corrected chi connectivity index (χ4v) is 1.74. The zero-order valence-corrected chi connectivity index (χ0v) is 9.49. The molecule has 1 fully saturated rings. The Kier molecular flexibility index (Phi) is 5.60. The quantitative estimate of drug-likeness (QED) is 0.524. The van der Waals surface area contributed by atoms with Gasteiger partial charge >= 0.3 is 5.97 Å². The normalized spacial score (nSPS) is 19.9. The SMILES string of the molecule is CCOOC(=O)C(CC)N1CCNCC1. The average Bonchev–Trinajstić information content (AvgIpc) is 2.29. The van der Waals surface area contributed by atoms with Gasteiger partial charge in [-0.1, -0.05) is 6.92 Å². The van der Waals surface area contributed by atoms with Gasteiger partial charge in [0, 0.05) is 26.2 Å². The van der Waals surface area contributed by atoms with E-state index < -0.39 is 0 Å². The Morgan fingerprint density at radius 1 is 1.40 bits per heavy atom. The number of piperazine rings is 1. The molecule has 0 aliphatic carbocycles. The van der Waals surface area contributed by atoms with Crippen LogP contribution >= 0.6 is 0 Å². The topological polar surface area (TPSA) is 50.8 Å². The van der Waals surface area contributed by atoms with E-state index >= 15 is 0 Å². The van der Waals surface area contributed by atoms with Gasteiger partial charge < -0.3 is 5.32 Å². The summed E-state index contributed by atoms with van der Waals surface area (Å²) in [5.41, 5.74) is 0. The summed E-state index contributed by atoms with van der Waals surface area (Å²) in [6.45, 7) is 7.80. The molecule has 5 nitrogen and oxygen atoms in total. The molecule has 1 heterocycles. The minimum atomic E-state index is -0.277. The van der Waals surface area contributed by atoms with Crippen LogP contribution < -0.4 is 5.32 Å². The van der Waals surface area contributed by atoms with E-state index in [2.05, 4.69) is 15.1 Å². The fourth-order valence-electron chi connectivity index (χ4n) is 1.74. The van der Waals surface area contributed by atoms with Crippen molar-refractivity contribution < 1.29 is 14.6 Å². The Balaban J connectivity index is 2.41. The predicted octanol–water partition coefficient (Wildman–Crippen LogP) is 0.165. The summed E-state index contributed by atoms with van der Waals surface area (Å²) in [5.74, 6) is -0.277. The van der Waals surface area contributed by atoms with E-state index in [0.717, 1.165) is 32.6 Å². The van der Waals surface area contributed by atoms with Crippen molar-refractivity contribution in [2.75, 3.05) is 32.8 Å². The lowest BCUT2D eigenvalue weighted by Gasteiger charge is -2.32. The molecule has 88 valence electrons. The van der Waals surface area contributed by atoms with Crippen molar-refractivity contribution in [3.63, 3.8) is 0 Å². The zero-order valence-electron chi connectivity index (χ0n) is 9.49. The van der Waals surface area contributed by atoms with Crippen molar-refractivity contribution >= 4 is 5.97 Å². The lowest BCUT2D eigenvalue weighted by molar-refractivity contribution is -0.274. The first-order chi connectivity index (χ1) is 7.29. The lowest BCUT2D eigenvalue weighted by Crippen LogP contribution is -2.51. The van der Waals surface area contributed by atoms with E-state index in [1.54, 1.807) is 6.92 Å². The first-order valence-corrected chi connectivity index (χ1v) is 5.57. The van der Waals surface area contributed by atoms with Crippen LogP contribution in [0.15, 0.2) is 0 Å². The smallest absolute Gasteiger partial charge is 0.314 e. The second kappa shape index (κ2) is 6.76. The molecule has 1 unspecified atom stereocenters. The molecule has 15 heavy (non-hydrogen) atoms. The summed E-state index contributed by atoms with van der Waals surface area (Å²) in [7, 11) is 0. The first-order valence-electron chi connectivity index (χ1n) is 5.57. The standard InChI is InChI=1S/C10H20N2O3/c1-3-9(10(13)15-14-4-2)12-7-5-11-6-8-12/h9,11H,3-8H2,1-2H3. The molecule has 0 saturated carbocycles. The van der Waals surface area contributed by atoms with Crippen molar-refractivity contribution in [3.05, 3.63) is 0 Å². The van der Waals surface area contributed by atoms with Gasteiger partial charge in [0.05, 0.1) is 6.61 Å². The van der Waals surface area contributed by atoms with E-state index in [4.69, 9.17) is 4.89 Å². The van der Waals surface area contributed by atoms with Crippen LogP contribution in [0.5, 0.6) is 0 Å². The molecule has 1 saturated heterocycles. The van der Waals surface area contributed by atoms with Crippen LogP contribution in [0.4, 0.5) is 0 Å². The molecule has 1 N–H and O–H groups in total. The Morgan fingerprint density at radius 2 is 2.07 bits per heavy atom. The van der Waals surface area contributed by atoms with Gasteiger partial charge in [-0.25, -0.2) is 4.79 Å². The number of carbonyl (C=O) groups is 1. The first kappa shape index (κ1) is 12.4. The van der Waals surface area contributed by atoms with Gasteiger partial charge in [-0.05, 0) is 13.3 Å². The molecule has 0 spiro atoms. The maximum Gasteiger partial charge on any atom is 0.359 e. The molecule has 1 aliphatic heterocycles. The third kappa shape index (κ3) is 3.77. The average molecular weight is 216 g/mol. The van der Waals surface area contributed by atoms with Crippen LogP contribution in [0, 0.1) is 0 Å². The Morgan fingerprint density at radius 3 is 2.60 bits per heavy atom. The Bertz CT molecular complexity index is 193. The molecule has 0 aromatic rings. The summed E-state index contributed by atoms with van der Waals surface area (Å²) >= 11 is 0. The van der Waals surface area contributed by atoms with E-state index in [1.165, 1.54) is 0 Å². The number of hydrogen-bond donors (Lipinski definition) is 1. The minimum Gasteiger partial charge on any atom is -0.314 e. The second-order valence-electron chi connectivity index (χ2n) is 3.52. The van der Waals surface area contributed by atoms with Crippen LogP contribution in [-0.2, 0) is 14.6 Å². The number of rotatable bonds is 5. The van der Waals surface area contributed by atoms with E-state index in [9.17, 15) is 4.79 Å². The number of nitrogens with zero attached hydrogens (tertiary/aromatic N) is 1. The van der Waals surface area contributed by atoms with Crippen molar-refractivity contribution in [1.29, 1.82) is 0 Å². The summed E-state index contributed by atoms with van der Waals surface area (Å²) in [5, 5.41) is 3.25. The molecule has 0 bridgehead atoms. The van der Waals surface area contributed by atoms with Crippen LogP contribution in [-0.4, -0.2) is 49.7 Å². The highest BCUT2D eigenvalue weighted by Crippen LogP contribution is 2.07. The van der Waals surface area contributed by atoms with Crippen LogP contribution in [0.3, 0.4) is 0 Å². The third-order valence-corrected chi connectivity index (χ3v) is 2.51. The van der Waals surface area contributed by atoms with Crippen molar-refractivity contribution in [2.45, 2.75) is 26.3 Å².